The number of nitrogens with one attached hydrogen (secondary N) is 2. The zero-order valence-electron chi connectivity index (χ0n) is 14.9. The molecule has 0 atom stereocenters. The lowest BCUT2D eigenvalue weighted by Crippen LogP contribution is -2.24. The molecule has 0 radical (unpaired) electrons. The molecule has 0 bridgehead atoms. The molecule has 4 nitrogen and oxygen atoms in total. The summed E-state index contributed by atoms with van der Waals surface area (Å²) < 4.78 is 5.19. The molecular weight excluding hydrogens is 356 g/mol. The molecule has 0 unspecified atom stereocenters. The first-order valence-electron chi connectivity index (χ1n) is 8.44. The van der Waals surface area contributed by atoms with Gasteiger partial charge in [-0.2, -0.15) is 0 Å². The zero-order valence-corrected chi connectivity index (χ0v) is 15.7. The Kier molecular flexibility index (Phi) is 6.55. The van der Waals surface area contributed by atoms with Gasteiger partial charge in [0.15, 0.2) is 0 Å². The summed E-state index contributed by atoms with van der Waals surface area (Å²) in [4.78, 5) is 14.3. The van der Waals surface area contributed by atoms with Gasteiger partial charge >= 0.3 is 6.03 Å². The van der Waals surface area contributed by atoms with E-state index in [0.29, 0.717) is 0 Å². The SMILES string of the molecule is COc1cccc(/C=C/NC(=O)Nc2ccccc2Sc2ccccc2)c1. The molecule has 0 aliphatic carbocycles. The average molecular weight is 376 g/mol. The highest BCUT2D eigenvalue weighted by atomic mass is 32.2. The molecule has 3 aromatic carbocycles. The Morgan fingerprint density at radius 3 is 2.56 bits per heavy atom. The first-order valence-corrected chi connectivity index (χ1v) is 9.26. The lowest BCUT2D eigenvalue weighted by molar-refractivity contribution is 0.255. The van der Waals surface area contributed by atoms with Crippen molar-refractivity contribution in [1.29, 1.82) is 0 Å². The van der Waals surface area contributed by atoms with E-state index < -0.39 is 0 Å². The topological polar surface area (TPSA) is 50.4 Å². The van der Waals surface area contributed by atoms with Crippen molar-refractivity contribution in [3.63, 3.8) is 0 Å². The first kappa shape index (κ1) is 18.6. The number of hydrogen-bond donors (Lipinski definition) is 2. The summed E-state index contributed by atoms with van der Waals surface area (Å²) in [6.07, 6.45) is 3.42. The van der Waals surface area contributed by atoms with Gasteiger partial charge in [-0.25, -0.2) is 4.79 Å². The normalized spacial score (nSPS) is 10.6. The molecule has 0 heterocycles. The van der Waals surface area contributed by atoms with Gasteiger partial charge in [0.05, 0.1) is 12.8 Å². The molecule has 0 spiro atoms. The number of anilines is 1. The molecule has 2 N–H and O–H groups in total. The molecule has 27 heavy (non-hydrogen) atoms. The summed E-state index contributed by atoms with van der Waals surface area (Å²) in [7, 11) is 1.62. The minimum atomic E-state index is -0.296. The predicted molar refractivity (Wildman–Crippen MR) is 111 cm³/mol. The molecule has 0 fully saturated rings. The van der Waals surface area contributed by atoms with Gasteiger partial charge in [0, 0.05) is 16.0 Å². The van der Waals surface area contributed by atoms with Gasteiger partial charge in [-0.15, -0.1) is 0 Å². The second-order valence-corrected chi connectivity index (χ2v) is 6.74. The minimum Gasteiger partial charge on any atom is -0.497 e. The van der Waals surface area contributed by atoms with Crippen molar-refractivity contribution in [1.82, 2.24) is 5.32 Å². The molecule has 0 aliphatic heterocycles. The zero-order chi connectivity index (χ0) is 18.9. The van der Waals surface area contributed by atoms with Crippen LogP contribution in [0.3, 0.4) is 0 Å². The van der Waals surface area contributed by atoms with E-state index in [-0.39, 0.29) is 6.03 Å². The van der Waals surface area contributed by atoms with E-state index >= 15 is 0 Å². The van der Waals surface area contributed by atoms with E-state index in [1.54, 1.807) is 25.1 Å². The Balaban J connectivity index is 1.61. The molecule has 136 valence electrons. The van der Waals surface area contributed by atoms with Crippen LogP contribution >= 0.6 is 11.8 Å². The maximum absolute atomic E-state index is 12.2. The Morgan fingerprint density at radius 1 is 0.963 bits per heavy atom. The Labute approximate surface area is 163 Å². The molecule has 0 saturated heterocycles. The Hall–Kier alpha value is -3.18. The van der Waals surface area contributed by atoms with E-state index in [1.165, 1.54) is 0 Å². The Morgan fingerprint density at radius 2 is 1.74 bits per heavy atom. The fourth-order valence-electron chi connectivity index (χ4n) is 2.39. The van der Waals surface area contributed by atoms with Gasteiger partial charge in [-0.1, -0.05) is 54.2 Å². The van der Waals surface area contributed by atoms with E-state index in [9.17, 15) is 4.79 Å². The van der Waals surface area contributed by atoms with Crippen molar-refractivity contribution in [3.8, 4) is 5.75 Å². The van der Waals surface area contributed by atoms with Gasteiger partial charge < -0.3 is 15.4 Å². The number of methoxy groups -OCH3 is 1. The monoisotopic (exact) mass is 376 g/mol. The van der Waals surface area contributed by atoms with Gasteiger partial charge in [0.1, 0.15) is 5.75 Å². The highest BCUT2D eigenvalue weighted by Crippen LogP contribution is 2.33. The molecule has 0 aliphatic rings. The van der Waals surface area contributed by atoms with Crippen LogP contribution in [0.2, 0.25) is 0 Å². The van der Waals surface area contributed by atoms with Crippen LogP contribution in [-0.2, 0) is 0 Å². The standard InChI is InChI=1S/C22H20N2O2S/c1-26-18-9-7-8-17(16-18)14-15-23-22(25)24-20-12-5-6-13-21(20)27-19-10-3-2-4-11-19/h2-16H,1H3,(H2,23,24,25)/b15-14+. The summed E-state index contributed by atoms with van der Waals surface area (Å²) in [6.45, 7) is 0. The number of hydrogen-bond acceptors (Lipinski definition) is 3. The number of carbonyl (C=O) groups excluding carboxylic acids is 1. The van der Waals surface area contributed by atoms with E-state index in [0.717, 1.165) is 26.8 Å². The summed E-state index contributed by atoms with van der Waals surface area (Å²) in [6, 6.07) is 25.1. The van der Waals surface area contributed by atoms with Crippen molar-refractivity contribution in [3.05, 3.63) is 90.6 Å². The smallest absolute Gasteiger partial charge is 0.323 e. The lowest BCUT2D eigenvalue weighted by atomic mass is 10.2. The van der Waals surface area contributed by atoms with Crippen LogP contribution in [0.15, 0.2) is 94.9 Å². The van der Waals surface area contributed by atoms with E-state index in [1.807, 2.05) is 84.9 Å². The van der Waals surface area contributed by atoms with E-state index in [4.69, 9.17) is 4.74 Å². The van der Waals surface area contributed by atoms with Gasteiger partial charge in [-0.05, 0) is 48.0 Å². The van der Waals surface area contributed by atoms with Crippen molar-refractivity contribution >= 4 is 29.6 Å². The molecular formula is C22H20N2O2S. The van der Waals surface area contributed by atoms with Crippen molar-refractivity contribution in [2.75, 3.05) is 12.4 Å². The third kappa shape index (κ3) is 5.66. The molecule has 0 saturated carbocycles. The maximum atomic E-state index is 12.2. The van der Waals surface area contributed by atoms with Crippen molar-refractivity contribution in [2.24, 2.45) is 0 Å². The fraction of sp³-hybridized carbons (Fsp3) is 0.0455. The average Bonchev–Trinajstić information content (AvgIpc) is 2.70. The highest BCUT2D eigenvalue weighted by molar-refractivity contribution is 7.99. The number of carbonyl (C=O) groups is 1. The largest absolute Gasteiger partial charge is 0.497 e. The van der Waals surface area contributed by atoms with Crippen LogP contribution < -0.4 is 15.4 Å². The lowest BCUT2D eigenvalue weighted by Gasteiger charge is -2.10. The van der Waals surface area contributed by atoms with Crippen LogP contribution in [0, 0.1) is 0 Å². The predicted octanol–water partition coefficient (Wildman–Crippen LogP) is 5.64. The number of benzene rings is 3. The molecule has 5 heteroatoms. The third-order valence-electron chi connectivity index (χ3n) is 3.69. The fourth-order valence-corrected chi connectivity index (χ4v) is 3.31. The third-order valence-corrected chi connectivity index (χ3v) is 4.77. The second-order valence-electron chi connectivity index (χ2n) is 5.62. The minimum absolute atomic E-state index is 0.296. The van der Waals surface area contributed by atoms with Gasteiger partial charge in [-0.3, -0.25) is 0 Å². The summed E-state index contributed by atoms with van der Waals surface area (Å²) in [5.74, 6) is 0.772. The molecule has 3 rings (SSSR count). The van der Waals surface area contributed by atoms with E-state index in [2.05, 4.69) is 10.6 Å². The van der Waals surface area contributed by atoms with Crippen LogP contribution in [0.5, 0.6) is 5.75 Å². The van der Waals surface area contributed by atoms with Crippen LogP contribution in [0.4, 0.5) is 10.5 Å². The molecule has 2 amide bonds. The highest BCUT2D eigenvalue weighted by Gasteiger charge is 2.06. The van der Waals surface area contributed by atoms with Crippen LogP contribution in [0.25, 0.3) is 6.08 Å². The quantitative estimate of drug-likeness (QED) is 0.585. The molecule has 3 aromatic rings. The first-order chi connectivity index (χ1) is 13.2. The Bertz CT molecular complexity index is 926. The number of amides is 2. The number of rotatable bonds is 6. The maximum Gasteiger partial charge on any atom is 0.323 e. The number of urea groups is 1. The van der Waals surface area contributed by atoms with Gasteiger partial charge in [0.25, 0.3) is 0 Å². The summed E-state index contributed by atoms with van der Waals surface area (Å²) >= 11 is 1.61. The van der Waals surface area contributed by atoms with Gasteiger partial charge in [0.2, 0.25) is 0 Å². The molecule has 0 aromatic heterocycles. The van der Waals surface area contributed by atoms with Crippen LogP contribution in [-0.4, -0.2) is 13.1 Å². The van der Waals surface area contributed by atoms with Crippen molar-refractivity contribution < 1.29 is 9.53 Å². The van der Waals surface area contributed by atoms with Crippen molar-refractivity contribution in [2.45, 2.75) is 9.79 Å². The second kappa shape index (κ2) is 9.50. The van der Waals surface area contributed by atoms with Crippen LogP contribution in [0.1, 0.15) is 5.56 Å². The summed E-state index contributed by atoms with van der Waals surface area (Å²) in [5.41, 5.74) is 1.70. The number of para-hydroxylation sites is 1. The number of ether oxygens (including phenoxy) is 1. The summed E-state index contributed by atoms with van der Waals surface area (Å²) in [5, 5.41) is 5.62.